The molecule has 3 aliphatic heterocycles. The summed E-state index contributed by atoms with van der Waals surface area (Å²) in [6, 6.07) is -0.892. The minimum absolute atomic E-state index is 0.241. The zero-order chi connectivity index (χ0) is 77.4. The fraction of sp³-hybridized carbons (Fsp3) is 0.807. The van der Waals surface area contributed by atoms with Gasteiger partial charge in [0, 0.05) is 6.42 Å². The molecule has 3 saturated heterocycles. The van der Waals surface area contributed by atoms with E-state index in [1.165, 1.54) is 193 Å². The topological polar surface area (TPSA) is 307 Å². The van der Waals surface area contributed by atoms with Gasteiger partial charge in [0.2, 0.25) is 5.91 Å². The van der Waals surface area contributed by atoms with Crippen molar-refractivity contribution in [3.63, 3.8) is 0 Å². The second-order valence-electron chi connectivity index (χ2n) is 30.3. The standard InChI is InChI=1S/C88H155NO18/c1-3-5-7-9-11-13-15-17-19-21-23-25-26-27-28-29-30-31-32-33-34-35-36-37-38-39-40-41-42-43-44-46-48-50-52-54-56-58-60-62-64-66-76(94)89-71(72(93)65-63-61-59-57-55-53-51-49-47-45-24-22-20-18-16-14-12-10-8-6-4-2)70-102-86-82(100)79(97)84(74(68-91)104-86)107-88-83(101)80(98)85(75(69-92)105-88)106-87-81(99)78(96)77(95)73(67-90)103-87/h5,7,11,13,17,19,23,25,27-28,30-31,33-34,36-37,71-75,77-88,90-93,95-101H,3-4,6,8-10,12,14-16,18,20-22,24,26,29,32,35,38-70H2,1-2H3,(H,89,94)/b7-5-,13-11-,19-17-,25-23-,28-27-,31-30-,34-33-,37-36-. The van der Waals surface area contributed by atoms with E-state index in [9.17, 15) is 61.0 Å². The third-order valence-corrected chi connectivity index (χ3v) is 20.9. The number of allylic oxidation sites excluding steroid dienone is 16. The predicted molar refractivity (Wildman–Crippen MR) is 429 cm³/mol. The van der Waals surface area contributed by atoms with Crippen LogP contribution in [0, 0.1) is 0 Å². The van der Waals surface area contributed by atoms with Crippen LogP contribution in [0.1, 0.15) is 322 Å². The molecule has 0 saturated carbocycles. The number of amides is 1. The molecule has 1 amide bonds. The van der Waals surface area contributed by atoms with E-state index in [2.05, 4.69) is 116 Å². The predicted octanol–water partition coefficient (Wildman–Crippen LogP) is 15.5. The molecule has 0 aromatic rings. The highest BCUT2D eigenvalue weighted by molar-refractivity contribution is 5.76. The SMILES string of the molecule is CC/C=C\C/C=C\C/C=C\C/C=C\C/C=C\C/C=C\C/C=C\C/C=C\CCCCCCCCCCCCCCCCCCC(=O)NC(COC1OC(CO)C(OC2OC(CO)C(OC3OC(CO)C(O)C(O)C3O)C(O)C2O)C(O)C1O)C(O)CCCCCCCCCCCCCCCCCCCCCCC. The molecule has 3 fully saturated rings. The number of aliphatic hydroxyl groups is 11. The second kappa shape index (κ2) is 67.2. The van der Waals surface area contributed by atoms with Gasteiger partial charge in [-0.25, -0.2) is 0 Å². The van der Waals surface area contributed by atoms with Crippen molar-refractivity contribution in [1.82, 2.24) is 5.32 Å². The van der Waals surface area contributed by atoms with Gasteiger partial charge in [0.15, 0.2) is 18.9 Å². The van der Waals surface area contributed by atoms with E-state index in [-0.39, 0.29) is 18.9 Å². The molecule has 0 aliphatic carbocycles. The molecule has 620 valence electrons. The van der Waals surface area contributed by atoms with Gasteiger partial charge >= 0.3 is 0 Å². The number of unbranched alkanes of at least 4 members (excludes halogenated alkanes) is 36. The van der Waals surface area contributed by atoms with E-state index in [0.29, 0.717) is 12.8 Å². The first kappa shape index (κ1) is 97.9. The maximum Gasteiger partial charge on any atom is 0.220 e. The van der Waals surface area contributed by atoms with E-state index in [1.807, 2.05) is 0 Å². The maximum absolute atomic E-state index is 13.5. The van der Waals surface area contributed by atoms with Gasteiger partial charge in [-0.15, -0.1) is 0 Å². The van der Waals surface area contributed by atoms with Crippen molar-refractivity contribution in [2.24, 2.45) is 0 Å². The van der Waals surface area contributed by atoms with E-state index in [1.54, 1.807) is 0 Å². The normalized spacial score (nSPS) is 26.0. The molecule has 17 atom stereocenters. The van der Waals surface area contributed by atoms with Gasteiger partial charge in [0.25, 0.3) is 0 Å². The summed E-state index contributed by atoms with van der Waals surface area (Å²) in [4.78, 5) is 13.5. The van der Waals surface area contributed by atoms with Gasteiger partial charge in [0.1, 0.15) is 73.2 Å². The van der Waals surface area contributed by atoms with Gasteiger partial charge in [-0.2, -0.15) is 0 Å². The Kier molecular flexibility index (Phi) is 61.5. The smallest absolute Gasteiger partial charge is 0.220 e. The van der Waals surface area contributed by atoms with Crippen LogP contribution in [0.25, 0.3) is 0 Å². The van der Waals surface area contributed by atoms with Crippen LogP contribution in [-0.4, -0.2) is 193 Å². The van der Waals surface area contributed by atoms with Gasteiger partial charge in [0.05, 0.1) is 38.6 Å². The van der Waals surface area contributed by atoms with Gasteiger partial charge in [-0.1, -0.05) is 336 Å². The molecule has 0 radical (unpaired) electrons. The Balaban J connectivity index is 1.31. The molecule has 0 spiro atoms. The molecule has 19 nitrogen and oxygen atoms in total. The molecule has 12 N–H and O–H groups in total. The van der Waals surface area contributed by atoms with Gasteiger partial charge in [-0.3, -0.25) is 4.79 Å². The van der Waals surface area contributed by atoms with Crippen molar-refractivity contribution in [2.45, 2.75) is 426 Å². The second-order valence-corrected chi connectivity index (χ2v) is 30.3. The molecule has 0 aromatic heterocycles. The zero-order valence-corrected chi connectivity index (χ0v) is 66.6. The Morgan fingerprint density at radius 3 is 1.01 bits per heavy atom. The third-order valence-electron chi connectivity index (χ3n) is 20.9. The summed E-state index contributed by atoms with van der Waals surface area (Å²) in [6.07, 6.45) is 65.0. The van der Waals surface area contributed by atoms with Crippen LogP contribution in [0.5, 0.6) is 0 Å². The molecular formula is C88H155NO18. The summed E-state index contributed by atoms with van der Waals surface area (Å²) in [6.45, 7) is 1.72. The first-order chi connectivity index (χ1) is 52.3. The van der Waals surface area contributed by atoms with Crippen molar-refractivity contribution in [2.75, 3.05) is 26.4 Å². The summed E-state index contributed by atoms with van der Waals surface area (Å²) in [5.74, 6) is -0.241. The molecule has 17 unspecified atom stereocenters. The molecule has 0 aromatic carbocycles. The average Bonchev–Trinajstić information content (AvgIpc) is 0.782. The van der Waals surface area contributed by atoms with Crippen LogP contribution in [-0.2, 0) is 33.2 Å². The monoisotopic (exact) mass is 1510 g/mol. The van der Waals surface area contributed by atoms with Crippen molar-refractivity contribution < 1.29 is 89.4 Å². The van der Waals surface area contributed by atoms with Crippen LogP contribution in [0.2, 0.25) is 0 Å². The van der Waals surface area contributed by atoms with Crippen LogP contribution in [0.15, 0.2) is 97.2 Å². The van der Waals surface area contributed by atoms with Gasteiger partial charge in [-0.05, 0) is 77.0 Å². The largest absolute Gasteiger partial charge is 0.394 e. The summed E-state index contributed by atoms with van der Waals surface area (Å²) in [5, 5.41) is 121. The fourth-order valence-corrected chi connectivity index (χ4v) is 14.1. The summed E-state index contributed by atoms with van der Waals surface area (Å²) in [7, 11) is 0. The number of rotatable bonds is 68. The Morgan fingerprint density at radius 1 is 0.346 bits per heavy atom. The number of carbonyl (C=O) groups is 1. The van der Waals surface area contributed by atoms with Crippen molar-refractivity contribution in [3.8, 4) is 0 Å². The van der Waals surface area contributed by atoms with Crippen molar-refractivity contribution in [3.05, 3.63) is 97.2 Å². The first-order valence-electron chi connectivity index (χ1n) is 43.0. The summed E-state index contributed by atoms with van der Waals surface area (Å²) < 4.78 is 34.6. The number of hydrogen-bond acceptors (Lipinski definition) is 18. The van der Waals surface area contributed by atoms with E-state index in [0.717, 1.165) is 96.3 Å². The molecular weight excluding hydrogens is 1360 g/mol. The summed E-state index contributed by atoms with van der Waals surface area (Å²) >= 11 is 0. The molecule has 19 heteroatoms. The lowest BCUT2D eigenvalue weighted by Crippen LogP contribution is -2.66. The summed E-state index contributed by atoms with van der Waals surface area (Å²) in [5.41, 5.74) is 0. The Morgan fingerprint density at radius 2 is 0.645 bits per heavy atom. The minimum atomic E-state index is -1.98. The van der Waals surface area contributed by atoms with E-state index >= 15 is 0 Å². The van der Waals surface area contributed by atoms with Crippen LogP contribution in [0.4, 0.5) is 0 Å². The molecule has 3 heterocycles. The fourth-order valence-electron chi connectivity index (χ4n) is 14.1. The maximum atomic E-state index is 13.5. The highest BCUT2D eigenvalue weighted by Crippen LogP contribution is 2.33. The van der Waals surface area contributed by atoms with Crippen LogP contribution in [0.3, 0.4) is 0 Å². The Labute approximate surface area is 647 Å². The number of carbonyl (C=O) groups excluding carboxylic acids is 1. The van der Waals surface area contributed by atoms with Crippen LogP contribution >= 0.6 is 0 Å². The average molecular weight is 1520 g/mol. The van der Waals surface area contributed by atoms with Crippen molar-refractivity contribution >= 4 is 5.91 Å². The molecule has 3 rings (SSSR count). The number of aliphatic hydroxyl groups excluding tert-OH is 11. The lowest BCUT2D eigenvalue weighted by atomic mass is 9.96. The van der Waals surface area contributed by atoms with E-state index in [4.69, 9.17) is 28.4 Å². The van der Waals surface area contributed by atoms with Gasteiger partial charge < -0.3 is 89.9 Å². The number of nitrogens with one attached hydrogen (secondary N) is 1. The quantitative estimate of drug-likeness (QED) is 0.0199. The Hall–Kier alpha value is -3.29. The van der Waals surface area contributed by atoms with Crippen molar-refractivity contribution in [1.29, 1.82) is 0 Å². The highest BCUT2D eigenvalue weighted by Gasteiger charge is 2.54. The molecule has 3 aliphatic rings. The molecule has 0 bridgehead atoms. The van der Waals surface area contributed by atoms with Crippen LogP contribution < -0.4 is 5.32 Å². The highest BCUT2D eigenvalue weighted by atomic mass is 16.8. The van der Waals surface area contributed by atoms with E-state index < -0.39 is 124 Å². The molecule has 107 heavy (non-hydrogen) atoms. The lowest BCUT2D eigenvalue weighted by Gasteiger charge is -2.48. The minimum Gasteiger partial charge on any atom is -0.394 e. The first-order valence-corrected chi connectivity index (χ1v) is 43.0. The Bertz CT molecular complexity index is 2310. The number of ether oxygens (including phenoxy) is 6. The third kappa shape index (κ3) is 46.5. The number of hydrogen-bond donors (Lipinski definition) is 12. The lowest BCUT2D eigenvalue weighted by molar-refractivity contribution is -0.379. The zero-order valence-electron chi connectivity index (χ0n) is 66.6.